The van der Waals surface area contributed by atoms with Gasteiger partial charge < -0.3 is 5.32 Å². The zero-order valence-corrected chi connectivity index (χ0v) is 15.4. The van der Waals surface area contributed by atoms with Crippen LogP contribution in [0.5, 0.6) is 0 Å². The van der Waals surface area contributed by atoms with E-state index in [0.717, 1.165) is 17.7 Å². The molecule has 2 aromatic carbocycles. The molecule has 0 aliphatic heterocycles. The van der Waals surface area contributed by atoms with E-state index in [9.17, 15) is 9.18 Å². The number of carbonyl (C=O) groups excluding carboxylic acids is 1. The summed E-state index contributed by atoms with van der Waals surface area (Å²) in [6.45, 7) is 3.93. The maximum absolute atomic E-state index is 13.8. The Morgan fingerprint density at radius 3 is 2.88 bits per heavy atom. The van der Waals surface area contributed by atoms with Gasteiger partial charge in [-0.2, -0.15) is 0 Å². The number of amides is 1. The van der Waals surface area contributed by atoms with Crippen molar-refractivity contribution in [3.8, 4) is 5.69 Å². The van der Waals surface area contributed by atoms with Crippen LogP contribution in [0.1, 0.15) is 18.1 Å². The van der Waals surface area contributed by atoms with Crippen molar-refractivity contribution in [3.05, 3.63) is 65.7 Å². The van der Waals surface area contributed by atoms with Crippen molar-refractivity contribution in [3.63, 3.8) is 0 Å². The van der Waals surface area contributed by atoms with Gasteiger partial charge in [0, 0.05) is 0 Å². The number of para-hydroxylation sites is 1. The van der Waals surface area contributed by atoms with Crippen molar-refractivity contribution in [2.24, 2.45) is 0 Å². The van der Waals surface area contributed by atoms with E-state index in [1.165, 1.54) is 23.4 Å². The molecule has 0 radical (unpaired) electrons. The molecule has 26 heavy (non-hydrogen) atoms. The summed E-state index contributed by atoms with van der Waals surface area (Å²) in [7, 11) is 0. The Kier molecular flexibility index (Phi) is 5.68. The zero-order valence-electron chi connectivity index (χ0n) is 14.6. The van der Waals surface area contributed by atoms with Crippen LogP contribution in [0.15, 0.2) is 53.9 Å². The highest BCUT2D eigenvalue weighted by atomic mass is 32.2. The van der Waals surface area contributed by atoms with E-state index < -0.39 is 5.82 Å². The van der Waals surface area contributed by atoms with Crippen molar-refractivity contribution in [1.29, 1.82) is 0 Å². The molecule has 0 spiro atoms. The first-order valence-corrected chi connectivity index (χ1v) is 9.24. The topological polar surface area (TPSA) is 59.8 Å². The molecule has 1 aromatic heterocycles. The Morgan fingerprint density at radius 1 is 1.27 bits per heavy atom. The summed E-state index contributed by atoms with van der Waals surface area (Å²) in [5, 5.41) is 11.3. The van der Waals surface area contributed by atoms with Gasteiger partial charge in [0.15, 0.2) is 5.16 Å². The molecule has 5 nitrogen and oxygen atoms in total. The summed E-state index contributed by atoms with van der Waals surface area (Å²) in [4.78, 5) is 12.2. The summed E-state index contributed by atoms with van der Waals surface area (Å²) in [5.41, 5.74) is 3.23. The fourth-order valence-electron chi connectivity index (χ4n) is 2.58. The quantitative estimate of drug-likeness (QED) is 0.666. The van der Waals surface area contributed by atoms with Gasteiger partial charge in [-0.3, -0.25) is 9.36 Å². The molecule has 134 valence electrons. The van der Waals surface area contributed by atoms with Gasteiger partial charge in [-0.25, -0.2) is 4.39 Å². The second-order valence-electron chi connectivity index (χ2n) is 5.79. The molecule has 0 atom stereocenters. The van der Waals surface area contributed by atoms with E-state index in [4.69, 9.17) is 0 Å². The molecule has 7 heteroatoms. The number of halogens is 1. The van der Waals surface area contributed by atoms with Crippen LogP contribution in [-0.4, -0.2) is 26.4 Å². The molecule has 0 saturated heterocycles. The Balaban J connectivity index is 1.70. The number of hydrogen-bond acceptors (Lipinski definition) is 4. The lowest BCUT2D eigenvalue weighted by molar-refractivity contribution is -0.113. The van der Waals surface area contributed by atoms with Crippen molar-refractivity contribution in [1.82, 2.24) is 14.8 Å². The Morgan fingerprint density at radius 2 is 2.08 bits per heavy atom. The minimum atomic E-state index is -0.450. The van der Waals surface area contributed by atoms with E-state index in [0.29, 0.717) is 5.16 Å². The third-order valence-corrected chi connectivity index (χ3v) is 4.82. The monoisotopic (exact) mass is 370 g/mol. The fraction of sp³-hybridized carbons (Fsp3) is 0.211. The van der Waals surface area contributed by atoms with Gasteiger partial charge in [0.2, 0.25) is 5.91 Å². The van der Waals surface area contributed by atoms with Crippen molar-refractivity contribution < 1.29 is 9.18 Å². The van der Waals surface area contributed by atoms with Gasteiger partial charge in [0.25, 0.3) is 0 Å². The average molecular weight is 370 g/mol. The fourth-order valence-corrected chi connectivity index (χ4v) is 3.31. The number of aromatic nitrogens is 3. The van der Waals surface area contributed by atoms with E-state index >= 15 is 0 Å². The highest BCUT2D eigenvalue weighted by Gasteiger charge is 2.13. The number of rotatable bonds is 6. The number of aryl methyl sites for hydroxylation is 2. The molecule has 1 amide bonds. The van der Waals surface area contributed by atoms with Gasteiger partial charge in [-0.1, -0.05) is 43.0 Å². The molecule has 0 fully saturated rings. The van der Waals surface area contributed by atoms with E-state index in [1.54, 1.807) is 18.5 Å². The van der Waals surface area contributed by atoms with E-state index in [1.807, 2.05) is 29.7 Å². The second-order valence-corrected chi connectivity index (χ2v) is 6.73. The van der Waals surface area contributed by atoms with Gasteiger partial charge in [0.05, 0.1) is 17.1 Å². The first kappa shape index (κ1) is 18.1. The molecule has 3 aromatic rings. The number of benzene rings is 2. The Labute approximate surface area is 155 Å². The largest absolute Gasteiger partial charge is 0.323 e. The molecule has 0 aliphatic rings. The molecule has 3 rings (SSSR count). The summed E-state index contributed by atoms with van der Waals surface area (Å²) in [6.07, 6.45) is 2.51. The maximum atomic E-state index is 13.8. The van der Waals surface area contributed by atoms with Gasteiger partial charge >= 0.3 is 0 Å². The molecule has 1 heterocycles. The molecule has 0 unspecified atom stereocenters. The molecule has 0 saturated carbocycles. The highest BCUT2D eigenvalue weighted by Crippen LogP contribution is 2.23. The minimum Gasteiger partial charge on any atom is -0.323 e. The van der Waals surface area contributed by atoms with Crippen LogP contribution in [0, 0.1) is 12.7 Å². The number of nitrogens with one attached hydrogen (secondary N) is 1. The lowest BCUT2D eigenvalue weighted by atomic mass is 10.1. The standard InChI is InChI=1S/C19H19FN4OS/c1-3-14-6-4-5-7-17(14)24-12-21-23-19(24)26-11-18(25)22-16-10-13(2)8-9-15(16)20/h4-10,12H,3,11H2,1-2H3,(H,22,25). The predicted molar refractivity (Wildman–Crippen MR) is 101 cm³/mol. The van der Waals surface area contributed by atoms with Crippen LogP contribution in [0.2, 0.25) is 0 Å². The highest BCUT2D eigenvalue weighted by molar-refractivity contribution is 7.99. The first-order chi connectivity index (χ1) is 12.6. The van der Waals surface area contributed by atoms with Gasteiger partial charge in [-0.05, 0) is 42.7 Å². The van der Waals surface area contributed by atoms with E-state index in [-0.39, 0.29) is 17.3 Å². The van der Waals surface area contributed by atoms with Gasteiger partial charge in [-0.15, -0.1) is 10.2 Å². The number of thioether (sulfide) groups is 1. The second kappa shape index (κ2) is 8.14. The SMILES string of the molecule is CCc1ccccc1-n1cnnc1SCC(=O)Nc1cc(C)ccc1F. The average Bonchev–Trinajstić information content (AvgIpc) is 3.11. The lowest BCUT2D eigenvalue weighted by Gasteiger charge is -2.11. The van der Waals surface area contributed by atoms with Crippen LogP contribution in [-0.2, 0) is 11.2 Å². The molecular formula is C19H19FN4OS. The van der Waals surface area contributed by atoms with Gasteiger partial charge in [0.1, 0.15) is 12.1 Å². The maximum Gasteiger partial charge on any atom is 0.234 e. The number of anilines is 1. The number of hydrogen-bond donors (Lipinski definition) is 1. The smallest absolute Gasteiger partial charge is 0.234 e. The van der Waals surface area contributed by atoms with Crippen LogP contribution < -0.4 is 5.32 Å². The molecule has 0 bridgehead atoms. The Hall–Kier alpha value is -2.67. The molecular weight excluding hydrogens is 351 g/mol. The number of carbonyl (C=O) groups is 1. The van der Waals surface area contributed by atoms with Crippen LogP contribution in [0.3, 0.4) is 0 Å². The van der Waals surface area contributed by atoms with Crippen molar-refractivity contribution >= 4 is 23.4 Å². The summed E-state index contributed by atoms with van der Waals surface area (Å²) in [6, 6.07) is 12.6. The molecule has 0 aliphatic carbocycles. The van der Waals surface area contributed by atoms with Crippen LogP contribution >= 0.6 is 11.8 Å². The summed E-state index contributed by atoms with van der Waals surface area (Å²) < 4.78 is 15.6. The normalized spacial score (nSPS) is 10.7. The summed E-state index contributed by atoms with van der Waals surface area (Å²) >= 11 is 1.26. The predicted octanol–water partition coefficient (Wildman–Crippen LogP) is 4.01. The van der Waals surface area contributed by atoms with E-state index in [2.05, 4.69) is 28.5 Å². The summed E-state index contributed by atoms with van der Waals surface area (Å²) in [5.74, 6) is -0.632. The van der Waals surface area contributed by atoms with Crippen molar-refractivity contribution in [2.45, 2.75) is 25.4 Å². The third-order valence-electron chi connectivity index (χ3n) is 3.88. The first-order valence-electron chi connectivity index (χ1n) is 8.25. The molecule has 1 N–H and O–H groups in total. The van der Waals surface area contributed by atoms with Crippen molar-refractivity contribution in [2.75, 3.05) is 11.1 Å². The minimum absolute atomic E-state index is 0.111. The third kappa shape index (κ3) is 4.11. The van der Waals surface area contributed by atoms with Crippen LogP contribution in [0.25, 0.3) is 5.69 Å². The zero-order chi connectivity index (χ0) is 18.5. The van der Waals surface area contributed by atoms with Crippen LogP contribution in [0.4, 0.5) is 10.1 Å². The lowest BCUT2D eigenvalue weighted by Crippen LogP contribution is -2.15. The Bertz CT molecular complexity index is 925. The number of nitrogens with zero attached hydrogens (tertiary/aromatic N) is 3.